The van der Waals surface area contributed by atoms with Crippen molar-refractivity contribution in [3.8, 4) is 0 Å². The van der Waals surface area contributed by atoms with Gasteiger partial charge < -0.3 is 10.4 Å². The molecule has 1 aromatic rings. The molecule has 0 radical (unpaired) electrons. The van der Waals surface area contributed by atoms with E-state index in [1.807, 2.05) is 12.1 Å². The van der Waals surface area contributed by atoms with Crippen molar-refractivity contribution >= 4 is 17.6 Å². The Morgan fingerprint density at radius 2 is 1.74 bits per heavy atom. The van der Waals surface area contributed by atoms with E-state index in [1.165, 1.54) is 5.56 Å². The van der Waals surface area contributed by atoms with Crippen LogP contribution in [-0.4, -0.2) is 23.7 Å². The second-order valence-electron chi connectivity index (χ2n) is 6.76. The highest BCUT2D eigenvalue weighted by Crippen LogP contribution is 2.33. The molecule has 0 aromatic heterocycles. The summed E-state index contributed by atoms with van der Waals surface area (Å²) in [4.78, 5) is 11.1. The number of carboxylic acid groups (broad SMARTS) is 1. The lowest BCUT2D eigenvalue weighted by Crippen LogP contribution is -2.43. The average molecular weight is 338 g/mol. The molecule has 0 aliphatic heterocycles. The van der Waals surface area contributed by atoms with E-state index in [-0.39, 0.29) is 11.3 Å². The van der Waals surface area contributed by atoms with Gasteiger partial charge in [-0.3, -0.25) is 4.79 Å². The first-order chi connectivity index (χ1) is 11.0. The summed E-state index contributed by atoms with van der Waals surface area (Å²) in [6.45, 7) is 5.41. The zero-order valence-electron chi connectivity index (χ0n) is 14.1. The lowest BCUT2D eigenvalue weighted by Gasteiger charge is -2.36. The maximum Gasteiger partial charge on any atom is 0.306 e. The van der Waals surface area contributed by atoms with Crippen molar-refractivity contribution in [3.63, 3.8) is 0 Å². The van der Waals surface area contributed by atoms with Crippen LogP contribution in [0.1, 0.15) is 57.9 Å². The molecule has 1 aliphatic carbocycles. The van der Waals surface area contributed by atoms with Crippen LogP contribution < -0.4 is 5.32 Å². The van der Waals surface area contributed by atoms with Crippen LogP contribution in [-0.2, 0) is 10.2 Å². The summed E-state index contributed by atoms with van der Waals surface area (Å²) < 4.78 is 0. The number of nitrogens with one attached hydrogen (secondary N) is 1. The van der Waals surface area contributed by atoms with Crippen molar-refractivity contribution in [1.29, 1.82) is 0 Å². The minimum atomic E-state index is -0.638. The Bertz CT molecular complexity index is 503. The second-order valence-corrected chi connectivity index (χ2v) is 7.20. The first-order valence-electron chi connectivity index (χ1n) is 8.73. The molecule has 2 N–H and O–H groups in total. The summed E-state index contributed by atoms with van der Waals surface area (Å²) in [7, 11) is 0. The van der Waals surface area contributed by atoms with Crippen molar-refractivity contribution in [2.45, 2.75) is 63.8 Å². The van der Waals surface area contributed by atoms with E-state index in [0.29, 0.717) is 6.04 Å². The Balaban J connectivity index is 1.98. The van der Waals surface area contributed by atoms with Gasteiger partial charge in [0.1, 0.15) is 0 Å². The molecule has 0 bridgehead atoms. The van der Waals surface area contributed by atoms with Gasteiger partial charge in [0.2, 0.25) is 0 Å². The van der Waals surface area contributed by atoms with Crippen LogP contribution >= 0.6 is 11.6 Å². The second kappa shape index (κ2) is 8.16. The van der Waals surface area contributed by atoms with Gasteiger partial charge in [-0.15, -0.1) is 0 Å². The molecule has 1 saturated carbocycles. The highest BCUT2D eigenvalue weighted by molar-refractivity contribution is 6.30. The van der Waals surface area contributed by atoms with Gasteiger partial charge in [-0.25, -0.2) is 0 Å². The largest absolute Gasteiger partial charge is 0.481 e. The van der Waals surface area contributed by atoms with E-state index >= 15 is 0 Å². The number of carbonyl (C=O) groups is 1. The number of halogens is 1. The SMILES string of the molecule is CCC(CC)(CNC1CCC(C(=O)O)CC1)c1ccc(Cl)cc1. The molecule has 0 saturated heterocycles. The van der Waals surface area contributed by atoms with Gasteiger partial charge in [0.15, 0.2) is 0 Å². The summed E-state index contributed by atoms with van der Waals surface area (Å²) in [6.07, 6.45) is 5.64. The lowest BCUT2D eigenvalue weighted by molar-refractivity contribution is -0.142. The van der Waals surface area contributed by atoms with Gasteiger partial charge in [-0.1, -0.05) is 37.6 Å². The molecular formula is C19H28ClNO2. The van der Waals surface area contributed by atoms with E-state index in [0.717, 1.165) is 50.1 Å². The molecule has 0 unspecified atom stereocenters. The zero-order chi connectivity index (χ0) is 16.9. The Morgan fingerprint density at radius 1 is 1.17 bits per heavy atom. The van der Waals surface area contributed by atoms with Crippen molar-refractivity contribution in [1.82, 2.24) is 5.32 Å². The minimum Gasteiger partial charge on any atom is -0.481 e. The quantitative estimate of drug-likeness (QED) is 0.762. The monoisotopic (exact) mass is 337 g/mol. The van der Waals surface area contributed by atoms with Gasteiger partial charge >= 0.3 is 5.97 Å². The maximum absolute atomic E-state index is 11.1. The molecule has 23 heavy (non-hydrogen) atoms. The molecule has 4 heteroatoms. The fourth-order valence-electron chi connectivity index (χ4n) is 3.70. The number of hydrogen-bond donors (Lipinski definition) is 2. The Morgan fingerprint density at radius 3 is 2.22 bits per heavy atom. The average Bonchev–Trinajstić information content (AvgIpc) is 2.58. The van der Waals surface area contributed by atoms with Gasteiger partial charge in [0.05, 0.1) is 5.92 Å². The molecule has 0 amide bonds. The fourth-order valence-corrected chi connectivity index (χ4v) is 3.82. The van der Waals surface area contributed by atoms with Crippen molar-refractivity contribution < 1.29 is 9.90 Å². The Hall–Kier alpha value is -1.06. The molecule has 0 atom stereocenters. The van der Waals surface area contributed by atoms with Crippen molar-refractivity contribution in [2.24, 2.45) is 5.92 Å². The van der Waals surface area contributed by atoms with Gasteiger partial charge in [-0.2, -0.15) is 0 Å². The topological polar surface area (TPSA) is 49.3 Å². The number of hydrogen-bond acceptors (Lipinski definition) is 2. The van der Waals surface area contributed by atoms with E-state index in [1.54, 1.807) is 0 Å². The minimum absolute atomic E-state index is 0.119. The van der Waals surface area contributed by atoms with Crippen LogP contribution in [0.2, 0.25) is 5.02 Å². The maximum atomic E-state index is 11.1. The summed E-state index contributed by atoms with van der Waals surface area (Å²) in [5, 5.41) is 13.6. The molecule has 1 aliphatic rings. The van der Waals surface area contributed by atoms with Crippen LogP contribution in [0.15, 0.2) is 24.3 Å². The molecule has 0 spiro atoms. The molecular weight excluding hydrogens is 310 g/mol. The zero-order valence-corrected chi connectivity index (χ0v) is 14.9. The van der Waals surface area contributed by atoms with E-state index in [4.69, 9.17) is 16.7 Å². The fraction of sp³-hybridized carbons (Fsp3) is 0.632. The summed E-state index contributed by atoms with van der Waals surface area (Å²) in [6, 6.07) is 8.65. The van der Waals surface area contributed by atoms with Gasteiger partial charge in [0.25, 0.3) is 0 Å². The van der Waals surface area contributed by atoms with Crippen molar-refractivity contribution in [2.75, 3.05) is 6.54 Å². The molecule has 0 heterocycles. The summed E-state index contributed by atoms with van der Waals surface area (Å²) in [5.74, 6) is -0.785. The smallest absolute Gasteiger partial charge is 0.306 e. The van der Waals surface area contributed by atoms with Crippen LogP contribution in [0.25, 0.3) is 0 Å². The normalized spacial score (nSPS) is 22.0. The van der Waals surface area contributed by atoms with Crippen LogP contribution in [0.3, 0.4) is 0 Å². The highest BCUT2D eigenvalue weighted by atomic mass is 35.5. The Labute approximate surface area is 144 Å². The Kier molecular flexibility index (Phi) is 6.49. The first kappa shape index (κ1) is 18.3. The van der Waals surface area contributed by atoms with Crippen molar-refractivity contribution in [3.05, 3.63) is 34.9 Å². The third kappa shape index (κ3) is 4.48. The summed E-state index contributed by atoms with van der Waals surface area (Å²) in [5.41, 5.74) is 1.45. The molecule has 128 valence electrons. The highest BCUT2D eigenvalue weighted by Gasteiger charge is 2.31. The number of benzene rings is 1. The third-order valence-electron chi connectivity index (χ3n) is 5.62. The van der Waals surface area contributed by atoms with E-state index < -0.39 is 5.97 Å². The number of carboxylic acids is 1. The third-order valence-corrected chi connectivity index (χ3v) is 5.87. The van der Waals surface area contributed by atoms with Crippen LogP contribution in [0.4, 0.5) is 0 Å². The molecule has 1 fully saturated rings. The summed E-state index contributed by atoms with van der Waals surface area (Å²) >= 11 is 6.02. The van der Waals surface area contributed by atoms with E-state index in [2.05, 4.69) is 31.3 Å². The molecule has 3 nitrogen and oxygen atoms in total. The predicted octanol–water partition coefficient (Wildman–Crippen LogP) is 4.63. The predicted molar refractivity (Wildman–Crippen MR) is 95.1 cm³/mol. The molecule has 2 rings (SSSR count). The van der Waals surface area contributed by atoms with Gasteiger partial charge in [-0.05, 0) is 56.2 Å². The van der Waals surface area contributed by atoms with E-state index in [9.17, 15) is 4.79 Å². The molecule has 1 aromatic carbocycles. The van der Waals surface area contributed by atoms with Gasteiger partial charge in [0, 0.05) is 23.0 Å². The number of rotatable bonds is 7. The number of aliphatic carboxylic acids is 1. The van der Waals surface area contributed by atoms with Crippen LogP contribution in [0, 0.1) is 5.92 Å². The standard InChI is InChI=1S/C19H28ClNO2/c1-3-19(4-2,15-7-9-16(20)10-8-15)13-21-17-11-5-14(6-12-17)18(22)23/h7-10,14,17,21H,3-6,11-13H2,1-2H3,(H,22,23). The first-order valence-corrected chi connectivity index (χ1v) is 9.10. The lowest BCUT2D eigenvalue weighted by atomic mass is 9.75. The van der Waals surface area contributed by atoms with Crippen LogP contribution in [0.5, 0.6) is 0 Å².